The summed E-state index contributed by atoms with van der Waals surface area (Å²) in [5, 5.41) is 9.31. The van der Waals surface area contributed by atoms with E-state index in [0.717, 1.165) is 11.3 Å². The minimum atomic E-state index is -0.850. The van der Waals surface area contributed by atoms with Crippen LogP contribution in [0.25, 0.3) is 0 Å². The molecular weight excluding hydrogens is 386 g/mol. The third kappa shape index (κ3) is 4.68. The maximum atomic E-state index is 12.9. The number of hydrogen-bond acceptors (Lipinski definition) is 4. The zero-order valence-corrected chi connectivity index (χ0v) is 18.3. The molecule has 0 aromatic heterocycles. The van der Waals surface area contributed by atoms with Crippen LogP contribution >= 0.6 is 0 Å². The van der Waals surface area contributed by atoms with Crippen LogP contribution in [0.3, 0.4) is 0 Å². The lowest BCUT2D eigenvalue weighted by atomic mass is 9.86. The van der Waals surface area contributed by atoms with Gasteiger partial charge in [-0.2, -0.15) is 0 Å². The molecule has 0 aliphatic carbocycles. The van der Waals surface area contributed by atoms with E-state index in [0.29, 0.717) is 32.6 Å². The lowest BCUT2D eigenvalue weighted by molar-refractivity contribution is -0.146. The summed E-state index contributed by atoms with van der Waals surface area (Å²) in [4.78, 5) is 41.8. The predicted molar refractivity (Wildman–Crippen MR) is 113 cm³/mol. The molecule has 1 N–H and O–H groups in total. The second-order valence-corrected chi connectivity index (χ2v) is 9.70. The standard InChI is InChI=1S/C22H31N3O5/c1-21(2,3)30-20(29)23-10-11-24-17(13-23)14-25(19(24)28)16-8-6-15(7-9-16)12-22(4,5)18(26)27/h6-9,17H,10-14H2,1-5H3,(H,26,27). The molecule has 30 heavy (non-hydrogen) atoms. The number of aliphatic carboxylic acids is 1. The van der Waals surface area contributed by atoms with Crippen molar-refractivity contribution in [1.29, 1.82) is 0 Å². The Kier molecular flexibility index (Phi) is 5.71. The van der Waals surface area contributed by atoms with Crippen molar-refractivity contribution in [3.8, 4) is 0 Å². The lowest BCUT2D eigenvalue weighted by Crippen LogP contribution is -2.54. The van der Waals surface area contributed by atoms with Crippen molar-refractivity contribution in [3.63, 3.8) is 0 Å². The third-order valence-corrected chi connectivity index (χ3v) is 5.48. The average Bonchev–Trinajstić information content (AvgIpc) is 2.97. The molecule has 1 aromatic carbocycles. The van der Waals surface area contributed by atoms with Crippen molar-refractivity contribution < 1.29 is 24.2 Å². The van der Waals surface area contributed by atoms with Gasteiger partial charge in [-0.1, -0.05) is 12.1 Å². The Labute approximate surface area is 177 Å². The molecule has 164 valence electrons. The molecule has 0 spiro atoms. The van der Waals surface area contributed by atoms with E-state index in [1.165, 1.54) is 0 Å². The molecular formula is C22H31N3O5. The third-order valence-electron chi connectivity index (χ3n) is 5.48. The highest BCUT2D eigenvalue weighted by molar-refractivity contribution is 5.95. The molecule has 1 aromatic rings. The highest BCUT2D eigenvalue weighted by atomic mass is 16.6. The summed E-state index contributed by atoms with van der Waals surface area (Å²) in [6.45, 7) is 10.8. The molecule has 2 aliphatic rings. The van der Waals surface area contributed by atoms with Gasteiger partial charge < -0.3 is 19.6 Å². The minimum absolute atomic E-state index is 0.0672. The van der Waals surface area contributed by atoms with Gasteiger partial charge in [-0.25, -0.2) is 9.59 Å². The smallest absolute Gasteiger partial charge is 0.410 e. The zero-order chi connectivity index (χ0) is 22.3. The second-order valence-electron chi connectivity index (χ2n) is 9.70. The summed E-state index contributed by atoms with van der Waals surface area (Å²) in [5.41, 5.74) is 0.279. The van der Waals surface area contributed by atoms with Gasteiger partial charge in [-0.3, -0.25) is 9.69 Å². The van der Waals surface area contributed by atoms with Crippen LogP contribution in [0.4, 0.5) is 15.3 Å². The fraction of sp³-hybridized carbons (Fsp3) is 0.591. The van der Waals surface area contributed by atoms with Crippen LogP contribution in [-0.4, -0.2) is 70.8 Å². The van der Waals surface area contributed by atoms with Crippen molar-refractivity contribution >= 4 is 23.8 Å². The van der Waals surface area contributed by atoms with Crippen LogP contribution in [0.1, 0.15) is 40.2 Å². The number of hydrogen-bond donors (Lipinski definition) is 1. The first-order valence-electron chi connectivity index (χ1n) is 10.3. The predicted octanol–water partition coefficient (Wildman–Crippen LogP) is 3.20. The van der Waals surface area contributed by atoms with Gasteiger partial charge in [0.15, 0.2) is 0 Å². The van der Waals surface area contributed by atoms with Crippen molar-refractivity contribution in [2.75, 3.05) is 31.1 Å². The molecule has 2 aliphatic heterocycles. The molecule has 3 rings (SSSR count). The Balaban J connectivity index is 1.66. The van der Waals surface area contributed by atoms with Crippen molar-refractivity contribution in [3.05, 3.63) is 29.8 Å². The summed E-state index contributed by atoms with van der Waals surface area (Å²) in [6.07, 6.45) is 0.0642. The van der Waals surface area contributed by atoms with Crippen LogP contribution in [0.2, 0.25) is 0 Å². The Morgan fingerprint density at radius 2 is 1.70 bits per heavy atom. The number of amides is 3. The number of benzene rings is 1. The van der Waals surface area contributed by atoms with Crippen LogP contribution < -0.4 is 4.90 Å². The van der Waals surface area contributed by atoms with E-state index in [-0.39, 0.29) is 18.2 Å². The molecule has 8 nitrogen and oxygen atoms in total. The summed E-state index contributed by atoms with van der Waals surface area (Å²) in [6, 6.07) is 7.31. The number of nitrogens with zero attached hydrogens (tertiary/aromatic N) is 3. The van der Waals surface area contributed by atoms with Crippen LogP contribution in [0.15, 0.2) is 24.3 Å². The zero-order valence-electron chi connectivity index (χ0n) is 18.3. The molecule has 2 fully saturated rings. The van der Waals surface area contributed by atoms with Gasteiger partial charge in [0.05, 0.1) is 11.5 Å². The average molecular weight is 418 g/mol. The fourth-order valence-corrected chi connectivity index (χ4v) is 3.80. The SMILES string of the molecule is CC(C)(C)OC(=O)N1CCN2C(=O)N(c3ccc(CC(C)(C)C(=O)O)cc3)CC2C1. The number of carboxylic acid groups (broad SMARTS) is 1. The number of carbonyl (C=O) groups excluding carboxylic acids is 2. The van der Waals surface area contributed by atoms with Crippen LogP contribution in [-0.2, 0) is 16.0 Å². The first kappa shape index (κ1) is 21.9. The van der Waals surface area contributed by atoms with Gasteiger partial charge >= 0.3 is 18.1 Å². The van der Waals surface area contributed by atoms with Crippen molar-refractivity contribution in [2.24, 2.45) is 5.41 Å². The molecule has 3 amide bonds. The normalized spacial score (nSPS) is 19.7. The molecule has 0 bridgehead atoms. The Morgan fingerprint density at radius 1 is 1.07 bits per heavy atom. The molecule has 2 heterocycles. The number of carboxylic acids is 1. The number of urea groups is 1. The van der Waals surface area contributed by atoms with Gasteiger partial charge in [-0.15, -0.1) is 0 Å². The number of piperazine rings is 1. The summed E-state index contributed by atoms with van der Waals surface area (Å²) in [5.74, 6) is -0.840. The largest absolute Gasteiger partial charge is 0.481 e. The maximum absolute atomic E-state index is 12.9. The van der Waals surface area contributed by atoms with Gasteiger partial charge in [0.1, 0.15) is 5.60 Å². The summed E-state index contributed by atoms with van der Waals surface area (Å²) in [7, 11) is 0. The number of anilines is 1. The van der Waals surface area contributed by atoms with Crippen molar-refractivity contribution in [2.45, 2.75) is 52.7 Å². The topological polar surface area (TPSA) is 90.4 Å². The highest BCUT2D eigenvalue weighted by Gasteiger charge is 2.43. The van der Waals surface area contributed by atoms with Gasteiger partial charge in [0.25, 0.3) is 0 Å². The Morgan fingerprint density at radius 3 is 2.27 bits per heavy atom. The molecule has 1 unspecified atom stereocenters. The molecule has 0 saturated carbocycles. The maximum Gasteiger partial charge on any atom is 0.410 e. The first-order chi connectivity index (χ1) is 13.9. The van der Waals surface area contributed by atoms with E-state index in [4.69, 9.17) is 4.74 Å². The monoisotopic (exact) mass is 417 g/mol. The number of fused-ring (bicyclic) bond motifs is 1. The van der Waals surface area contributed by atoms with Crippen molar-refractivity contribution in [1.82, 2.24) is 9.80 Å². The highest BCUT2D eigenvalue weighted by Crippen LogP contribution is 2.29. The van der Waals surface area contributed by atoms with E-state index in [1.54, 1.807) is 23.6 Å². The van der Waals surface area contributed by atoms with Crippen LogP contribution in [0.5, 0.6) is 0 Å². The number of carbonyl (C=O) groups is 3. The number of ether oxygens (including phenoxy) is 1. The van der Waals surface area contributed by atoms with Gasteiger partial charge in [0, 0.05) is 31.9 Å². The fourth-order valence-electron chi connectivity index (χ4n) is 3.80. The summed E-state index contributed by atoms with van der Waals surface area (Å²) >= 11 is 0. The summed E-state index contributed by atoms with van der Waals surface area (Å²) < 4.78 is 5.46. The first-order valence-corrected chi connectivity index (χ1v) is 10.3. The molecule has 8 heteroatoms. The number of rotatable bonds is 4. The molecule has 0 radical (unpaired) electrons. The van der Waals surface area contributed by atoms with Crippen LogP contribution in [0, 0.1) is 5.41 Å². The van der Waals surface area contributed by atoms with Gasteiger partial charge in [0.2, 0.25) is 0 Å². The Bertz CT molecular complexity index is 828. The lowest BCUT2D eigenvalue weighted by Gasteiger charge is -2.36. The molecule has 2 saturated heterocycles. The Hall–Kier alpha value is -2.77. The van der Waals surface area contributed by atoms with E-state index in [1.807, 2.05) is 49.9 Å². The quantitative estimate of drug-likeness (QED) is 0.812. The molecule has 1 atom stereocenters. The van der Waals surface area contributed by atoms with E-state index in [9.17, 15) is 19.5 Å². The van der Waals surface area contributed by atoms with E-state index in [2.05, 4.69) is 0 Å². The van der Waals surface area contributed by atoms with E-state index >= 15 is 0 Å². The van der Waals surface area contributed by atoms with E-state index < -0.39 is 17.0 Å². The second kappa shape index (κ2) is 7.81. The van der Waals surface area contributed by atoms with Gasteiger partial charge in [-0.05, 0) is 58.7 Å². The minimum Gasteiger partial charge on any atom is -0.481 e.